The lowest BCUT2D eigenvalue weighted by Crippen LogP contribution is -1.93. The molecule has 0 fully saturated rings. The van der Waals surface area contributed by atoms with Gasteiger partial charge < -0.3 is 0 Å². The Morgan fingerprint density at radius 3 is 2.47 bits per heavy atom. The van der Waals surface area contributed by atoms with Crippen molar-refractivity contribution in [1.82, 2.24) is 0 Å². The van der Waals surface area contributed by atoms with Crippen molar-refractivity contribution in [2.24, 2.45) is 0 Å². The number of hydrogen-bond acceptors (Lipinski definition) is 2. The van der Waals surface area contributed by atoms with Crippen LogP contribution in [0.2, 0.25) is 5.02 Å². The molecule has 0 spiro atoms. The number of hydrogen-bond donors (Lipinski definition) is 0. The van der Waals surface area contributed by atoms with E-state index in [0.29, 0.717) is 16.1 Å². The maximum absolute atomic E-state index is 11.4. The van der Waals surface area contributed by atoms with E-state index in [1.807, 2.05) is 19.1 Å². The van der Waals surface area contributed by atoms with Gasteiger partial charge in [-0.1, -0.05) is 29.8 Å². The van der Waals surface area contributed by atoms with Crippen LogP contribution < -0.4 is 0 Å². The average molecular weight is 273 g/mol. The lowest BCUT2D eigenvalue weighted by atomic mass is 9.98. The number of halogens is 1. The molecule has 0 aliphatic rings. The highest BCUT2D eigenvalue weighted by Crippen LogP contribution is 2.30. The minimum atomic E-state index is -0.000787. The van der Waals surface area contributed by atoms with Gasteiger partial charge in [-0.25, -0.2) is 0 Å². The van der Waals surface area contributed by atoms with Crippen LogP contribution in [0.4, 0.5) is 0 Å². The molecular weight excluding hydrogens is 260 g/mol. The first-order chi connectivity index (χ1) is 9.02. The highest BCUT2D eigenvalue weighted by molar-refractivity contribution is 6.33. The largest absolute Gasteiger partial charge is 0.298 e. The van der Waals surface area contributed by atoms with Crippen LogP contribution in [-0.4, -0.2) is 12.1 Å². The number of carbonyl (C=O) groups is 2. The van der Waals surface area contributed by atoms with Crippen LogP contribution in [-0.2, 0) is 0 Å². The molecule has 0 saturated heterocycles. The van der Waals surface area contributed by atoms with E-state index in [1.54, 1.807) is 24.3 Å². The molecule has 0 heterocycles. The molecule has 0 N–H and O–H groups in total. The van der Waals surface area contributed by atoms with Crippen molar-refractivity contribution in [1.29, 1.82) is 0 Å². The van der Waals surface area contributed by atoms with Gasteiger partial charge in [0.05, 0.1) is 0 Å². The van der Waals surface area contributed by atoms with Gasteiger partial charge in [0.2, 0.25) is 0 Å². The summed E-state index contributed by atoms with van der Waals surface area (Å²) in [5, 5.41) is 0.586. The Labute approximate surface area is 117 Å². The summed E-state index contributed by atoms with van der Waals surface area (Å²) in [4.78, 5) is 22.2. The highest BCUT2D eigenvalue weighted by atomic mass is 35.5. The molecule has 19 heavy (non-hydrogen) atoms. The second-order valence-electron chi connectivity index (χ2n) is 4.44. The first kappa shape index (κ1) is 13.5. The van der Waals surface area contributed by atoms with Crippen molar-refractivity contribution in [2.75, 3.05) is 0 Å². The van der Waals surface area contributed by atoms with Crippen LogP contribution in [0.25, 0.3) is 11.1 Å². The molecule has 0 atom stereocenters. The lowest BCUT2D eigenvalue weighted by molar-refractivity contribution is 0.101. The second-order valence-corrected chi connectivity index (χ2v) is 4.85. The Balaban J connectivity index is 2.57. The van der Waals surface area contributed by atoms with Gasteiger partial charge in [-0.15, -0.1) is 0 Å². The van der Waals surface area contributed by atoms with Crippen LogP contribution in [0, 0.1) is 6.92 Å². The smallest absolute Gasteiger partial charge is 0.159 e. The van der Waals surface area contributed by atoms with Gasteiger partial charge in [0, 0.05) is 21.7 Å². The fourth-order valence-corrected chi connectivity index (χ4v) is 2.17. The van der Waals surface area contributed by atoms with E-state index < -0.39 is 0 Å². The van der Waals surface area contributed by atoms with E-state index in [4.69, 9.17) is 11.6 Å². The van der Waals surface area contributed by atoms with Gasteiger partial charge in [0.25, 0.3) is 0 Å². The van der Waals surface area contributed by atoms with Crippen molar-refractivity contribution in [3.8, 4) is 11.1 Å². The third kappa shape index (κ3) is 2.74. The molecule has 2 aromatic rings. The predicted molar refractivity (Wildman–Crippen MR) is 77.0 cm³/mol. The first-order valence-electron chi connectivity index (χ1n) is 5.89. The van der Waals surface area contributed by atoms with Crippen molar-refractivity contribution in [3.05, 3.63) is 58.1 Å². The maximum Gasteiger partial charge on any atom is 0.159 e. The number of carbonyl (C=O) groups excluding carboxylic acids is 2. The normalized spacial score (nSPS) is 10.3. The number of benzene rings is 2. The van der Waals surface area contributed by atoms with Crippen LogP contribution in [0.1, 0.15) is 33.2 Å². The van der Waals surface area contributed by atoms with Crippen molar-refractivity contribution >= 4 is 23.7 Å². The zero-order chi connectivity index (χ0) is 14.0. The van der Waals surface area contributed by atoms with Gasteiger partial charge >= 0.3 is 0 Å². The van der Waals surface area contributed by atoms with E-state index in [1.165, 1.54) is 6.92 Å². The Hall–Kier alpha value is -1.93. The summed E-state index contributed by atoms with van der Waals surface area (Å²) in [6.45, 7) is 3.39. The monoisotopic (exact) mass is 272 g/mol. The summed E-state index contributed by atoms with van der Waals surface area (Å²) in [5.74, 6) is -0.000787. The Morgan fingerprint density at radius 2 is 1.89 bits per heavy atom. The van der Waals surface area contributed by atoms with E-state index in [2.05, 4.69) is 0 Å². The van der Waals surface area contributed by atoms with Crippen LogP contribution in [0.3, 0.4) is 0 Å². The molecule has 0 saturated carbocycles. The van der Waals surface area contributed by atoms with Gasteiger partial charge in [-0.3, -0.25) is 9.59 Å². The maximum atomic E-state index is 11.4. The molecule has 0 amide bonds. The zero-order valence-corrected chi connectivity index (χ0v) is 11.5. The third-order valence-corrected chi connectivity index (χ3v) is 3.41. The highest BCUT2D eigenvalue weighted by Gasteiger charge is 2.08. The summed E-state index contributed by atoms with van der Waals surface area (Å²) in [7, 11) is 0. The second kappa shape index (κ2) is 5.37. The van der Waals surface area contributed by atoms with E-state index in [9.17, 15) is 9.59 Å². The average Bonchev–Trinajstić information content (AvgIpc) is 2.38. The summed E-state index contributed by atoms with van der Waals surface area (Å²) >= 11 is 6.18. The van der Waals surface area contributed by atoms with E-state index in [0.717, 1.165) is 23.0 Å². The van der Waals surface area contributed by atoms with Gasteiger partial charge in [-0.05, 0) is 43.2 Å². The van der Waals surface area contributed by atoms with Gasteiger partial charge in [0.1, 0.15) is 6.29 Å². The standard InChI is InChI=1S/C16H13ClO2/c1-10-7-13(3-4-14(10)9-18)15-8-12(11(2)19)5-6-16(15)17/h3-9H,1-2H3. The molecule has 2 nitrogen and oxygen atoms in total. The molecule has 0 aliphatic carbocycles. The number of ketones is 1. The molecule has 0 aliphatic heterocycles. The number of aryl methyl sites for hydroxylation is 1. The Morgan fingerprint density at radius 1 is 1.16 bits per heavy atom. The first-order valence-corrected chi connectivity index (χ1v) is 6.27. The molecule has 2 aromatic carbocycles. The zero-order valence-electron chi connectivity index (χ0n) is 10.7. The number of rotatable bonds is 3. The molecule has 3 heteroatoms. The molecule has 0 unspecified atom stereocenters. The summed E-state index contributed by atoms with van der Waals surface area (Å²) in [6, 6.07) is 10.7. The molecule has 0 bridgehead atoms. The van der Waals surface area contributed by atoms with Crippen molar-refractivity contribution in [3.63, 3.8) is 0 Å². The minimum Gasteiger partial charge on any atom is -0.298 e. The summed E-state index contributed by atoms with van der Waals surface area (Å²) in [6.07, 6.45) is 0.826. The molecule has 2 rings (SSSR count). The van der Waals surface area contributed by atoms with Crippen molar-refractivity contribution < 1.29 is 9.59 Å². The molecule has 96 valence electrons. The SMILES string of the molecule is CC(=O)c1ccc(Cl)c(-c2ccc(C=O)c(C)c2)c1. The lowest BCUT2D eigenvalue weighted by Gasteiger charge is -2.08. The predicted octanol–water partition coefficient (Wildman–Crippen LogP) is 4.33. The van der Waals surface area contributed by atoms with E-state index >= 15 is 0 Å². The Kier molecular flexibility index (Phi) is 3.82. The fourth-order valence-electron chi connectivity index (χ4n) is 1.94. The molecule has 0 aromatic heterocycles. The van der Waals surface area contributed by atoms with Gasteiger partial charge in [-0.2, -0.15) is 0 Å². The summed E-state index contributed by atoms with van der Waals surface area (Å²) in [5.41, 5.74) is 3.86. The number of Topliss-reactive ketones (excluding diaryl/α,β-unsaturated/α-hetero) is 1. The van der Waals surface area contributed by atoms with Gasteiger partial charge in [0.15, 0.2) is 5.78 Å². The molecular formula is C16H13ClO2. The van der Waals surface area contributed by atoms with Crippen LogP contribution in [0.5, 0.6) is 0 Å². The molecule has 0 radical (unpaired) electrons. The van der Waals surface area contributed by atoms with Crippen LogP contribution >= 0.6 is 11.6 Å². The van der Waals surface area contributed by atoms with E-state index in [-0.39, 0.29) is 5.78 Å². The topological polar surface area (TPSA) is 34.1 Å². The number of aldehydes is 1. The quantitative estimate of drug-likeness (QED) is 0.616. The summed E-state index contributed by atoms with van der Waals surface area (Å²) < 4.78 is 0. The fraction of sp³-hybridized carbons (Fsp3) is 0.125. The third-order valence-electron chi connectivity index (χ3n) is 3.08. The van der Waals surface area contributed by atoms with Crippen molar-refractivity contribution in [2.45, 2.75) is 13.8 Å². The Bertz CT molecular complexity index is 660. The minimum absolute atomic E-state index is 0.000787. The van der Waals surface area contributed by atoms with Crippen LogP contribution in [0.15, 0.2) is 36.4 Å².